The van der Waals surface area contributed by atoms with Gasteiger partial charge in [-0.05, 0) is 90.9 Å². The van der Waals surface area contributed by atoms with Crippen molar-refractivity contribution in [1.82, 2.24) is 0 Å². The number of anilines is 1. The maximum Gasteiger partial charge on any atom is 0.210 e. The molecule has 1 N–H and O–H groups in total. The number of aliphatic hydroxyl groups is 1. The molecule has 2 saturated carbocycles. The molecule has 0 radical (unpaired) electrons. The normalized spacial score (nSPS) is 29.1. The van der Waals surface area contributed by atoms with Crippen LogP contribution in [0.1, 0.15) is 63.4 Å². The molecule has 4 aliphatic rings. The van der Waals surface area contributed by atoms with Crippen LogP contribution in [0.15, 0.2) is 108 Å². The molecule has 0 amide bonds. The Morgan fingerprint density at radius 3 is 2.13 bits per heavy atom. The number of hydrogen-bond donors (Lipinski definition) is 1. The third-order valence-electron chi connectivity index (χ3n) is 11.4. The lowest BCUT2D eigenvalue weighted by atomic mass is 9.51. The third kappa shape index (κ3) is 4.97. The number of ketones is 1. The minimum atomic E-state index is -3.31. The van der Waals surface area contributed by atoms with Crippen molar-refractivity contribution in [3.8, 4) is 11.6 Å². The van der Waals surface area contributed by atoms with Crippen molar-refractivity contribution in [2.75, 3.05) is 19.0 Å². The van der Waals surface area contributed by atoms with Crippen LogP contribution in [0.5, 0.6) is 0 Å². The molecular weight excluding hydrogens is 573 g/mol. The van der Waals surface area contributed by atoms with Gasteiger partial charge in [-0.1, -0.05) is 91.2 Å². The highest BCUT2D eigenvalue weighted by Crippen LogP contribution is 2.66. The van der Waals surface area contributed by atoms with E-state index in [0.717, 1.165) is 37.8 Å². The molecule has 7 rings (SSSR count). The minimum absolute atomic E-state index is 0.126. The number of fused-ring (bicyclic) bond motifs is 4. The number of carbonyl (C=O) groups is 1. The van der Waals surface area contributed by atoms with Crippen molar-refractivity contribution >= 4 is 29.2 Å². The van der Waals surface area contributed by atoms with E-state index in [1.807, 2.05) is 66.7 Å². The van der Waals surface area contributed by atoms with Crippen LogP contribution in [-0.2, 0) is 9.36 Å². The maximum atomic E-state index is 14.8. The number of hydrogen-bond acceptors (Lipinski definition) is 4. The molecule has 5 heteroatoms. The van der Waals surface area contributed by atoms with Gasteiger partial charge < -0.3 is 10.0 Å². The molecule has 0 heterocycles. The van der Waals surface area contributed by atoms with Gasteiger partial charge in [0.05, 0.1) is 0 Å². The zero-order valence-corrected chi connectivity index (χ0v) is 27.4. The Morgan fingerprint density at radius 2 is 1.51 bits per heavy atom. The van der Waals surface area contributed by atoms with Crippen LogP contribution in [0, 0.1) is 28.8 Å². The molecule has 2 fully saturated rings. The Hall–Kier alpha value is -3.64. The van der Waals surface area contributed by atoms with E-state index in [-0.39, 0.29) is 17.6 Å². The first-order valence-corrected chi connectivity index (χ1v) is 18.1. The van der Waals surface area contributed by atoms with Gasteiger partial charge in [0.2, 0.25) is 7.14 Å². The van der Waals surface area contributed by atoms with E-state index < -0.39 is 18.2 Å². The Labute approximate surface area is 267 Å². The van der Waals surface area contributed by atoms with Crippen LogP contribution in [-0.4, -0.2) is 30.6 Å². The second-order valence-corrected chi connectivity index (χ2v) is 16.4. The van der Waals surface area contributed by atoms with E-state index in [1.165, 1.54) is 22.3 Å². The fraction of sp³-hybridized carbons (Fsp3) is 0.375. The highest BCUT2D eigenvalue weighted by molar-refractivity contribution is 7.83. The van der Waals surface area contributed by atoms with Gasteiger partial charge in [-0.2, -0.15) is 0 Å². The lowest BCUT2D eigenvalue weighted by Gasteiger charge is -2.53. The zero-order valence-electron chi connectivity index (χ0n) is 26.5. The summed E-state index contributed by atoms with van der Waals surface area (Å²) in [6.45, 7) is 2.24. The first kappa shape index (κ1) is 30.0. The van der Waals surface area contributed by atoms with Crippen molar-refractivity contribution in [2.45, 2.75) is 63.4 Å². The molecule has 5 atom stereocenters. The van der Waals surface area contributed by atoms with E-state index in [1.54, 1.807) is 0 Å². The third-order valence-corrected chi connectivity index (χ3v) is 13.8. The fourth-order valence-corrected chi connectivity index (χ4v) is 11.0. The van der Waals surface area contributed by atoms with Crippen LogP contribution in [0.2, 0.25) is 0 Å². The Bertz CT molecular complexity index is 1750. The number of benzene rings is 3. The number of nitrogens with zero attached hydrogens (tertiary/aromatic N) is 1. The van der Waals surface area contributed by atoms with Crippen molar-refractivity contribution in [3.63, 3.8) is 0 Å². The highest BCUT2D eigenvalue weighted by Gasteiger charge is 2.62. The van der Waals surface area contributed by atoms with Crippen LogP contribution >= 0.6 is 7.14 Å². The number of allylic oxidation sites excluding steroid dienone is 4. The van der Waals surface area contributed by atoms with Gasteiger partial charge in [0, 0.05) is 48.1 Å². The van der Waals surface area contributed by atoms with Gasteiger partial charge in [0.1, 0.15) is 5.60 Å². The zero-order chi connectivity index (χ0) is 31.4. The lowest BCUT2D eigenvalue weighted by molar-refractivity contribution is -0.114. The van der Waals surface area contributed by atoms with Crippen LogP contribution in [0.25, 0.3) is 0 Å². The minimum Gasteiger partial charge on any atom is -0.378 e. The SMILES string of the molecule is CN(C)c1ccc([C@H]2C[C@@]3(C)[C@@H](CC[C@@]3(O)C#CP(=O)(c3ccccc3)c3ccccc3)[C@@H]3CCC4=CC(=O)CCC4=C32)cc1. The average Bonchev–Trinajstić information content (AvgIpc) is 3.33. The standard InChI is InChI=1S/C40H42NO3P/c1-39-27-36(28-14-17-30(18-15-28)41(2)3)38-34-21-19-31(42)26-29(34)16-20-35(38)37(39)22-23-40(39,43)24-25-45(44,32-10-6-4-7-11-32)33-12-8-5-9-13-33/h4-15,17-18,26,35-37,43H,16,19-23,27H2,1-3H3/t35-,36+,37-,39-,40+/m0/s1. The Kier molecular flexibility index (Phi) is 7.55. The molecule has 4 nitrogen and oxygen atoms in total. The number of carbonyl (C=O) groups excluding carboxylic acids is 1. The van der Waals surface area contributed by atoms with E-state index in [4.69, 9.17) is 0 Å². The highest BCUT2D eigenvalue weighted by atomic mass is 31.2. The summed E-state index contributed by atoms with van der Waals surface area (Å²) in [5, 5.41) is 14.1. The summed E-state index contributed by atoms with van der Waals surface area (Å²) < 4.78 is 14.8. The van der Waals surface area contributed by atoms with Gasteiger partial charge in [0.15, 0.2) is 5.78 Å². The molecule has 3 aromatic rings. The fourth-order valence-electron chi connectivity index (χ4n) is 8.90. The van der Waals surface area contributed by atoms with Crippen molar-refractivity contribution < 1.29 is 14.5 Å². The average molecular weight is 616 g/mol. The largest absolute Gasteiger partial charge is 0.378 e. The first-order chi connectivity index (χ1) is 21.6. The summed E-state index contributed by atoms with van der Waals surface area (Å²) in [4.78, 5) is 14.5. The van der Waals surface area contributed by atoms with Crippen LogP contribution < -0.4 is 15.5 Å². The van der Waals surface area contributed by atoms with Gasteiger partial charge in [-0.25, -0.2) is 0 Å². The molecule has 0 aromatic heterocycles. The Balaban J connectivity index is 1.35. The van der Waals surface area contributed by atoms with Gasteiger partial charge in [0.25, 0.3) is 0 Å². The molecular formula is C40H42NO3P. The quantitative estimate of drug-likeness (QED) is 0.246. The second kappa shape index (κ2) is 11.3. The summed E-state index contributed by atoms with van der Waals surface area (Å²) in [6.07, 6.45) is 7.41. The molecule has 0 bridgehead atoms. The van der Waals surface area contributed by atoms with Crippen LogP contribution in [0.3, 0.4) is 0 Å². The van der Waals surface area contributed by atoms with Gasteiger partial charge >= 0.3 is 0 Å². The molecule has 230 valence electrons. The molecule has 0 aliphatic heterocycles. The van der Waals surface area contributed by atoms with Gasteiger partial charge in [-0.3, -0.25) is 9.36 Å². The second-order valence-electron chi connectivity index (χ2n) is 13.9. The van der Waals surface area contributed by atoms with Crippen molar-refractivity contribution in [3.05, 3.63) is 113 Å². The maximum absolute atomic E-state index is 14.8. The van der Waals surface area contributed by atoms with Crippen molar-refractivity contribution in [1.29, 1.82) is 0 Å². The summed E-state index contributed by atoms with van der Waals surface area (Å²) in [6, 6.07) is 27.9. The smallest absolute Gasteiger partial charge is 0.210 e. The van der Waals surface area contributed by atoms with E-state index in [0.29, 0.717) is 29.4 Å². The number of rotatable bonds is 4. The van der Waals surface area contributed by atoms with Crippen LogP contribution in [0.4, 0.5) is 5.69 Å². The van der Waals surface area contributed by atoms with E-state index in [2.05, 4.69) is 61.8 Å². The van der Waals surface area contributed by atoms with Gasteiger partial charge in [-0.15, -0.1) is 0 Å². The van der Waals surface area contributed by atoms with E-state index in [9.17, 15) is 14.5 Å². The summed E-state index contributed by atoms with van der Waals surface area (Å²) in [7, 11) is 0.798. The molecule has 45 heavy (non-hydrogen) atoms. The lowest BCUT2D eigenvalue weighted by Crippen LogP contribution is -2.51. The molecule has 4 aliphatic carbocycles. The predicted molar refractivity (Wildman–Crippen MR) is 184 cm³/mol. The summed E-state index contributed by atoms with van der Waals surface area (Å²) in [5.41, 5.74) is 8.04. The topological polar surface area (TPSA) is 57.6 Å². The van der Waals surface area contributed by atoms with E-state index >= 15 is 0 Å². The molecule has 3 aromatic carbocycles. The molecule has 0 spiro atoms. The Morgan fingerprint density at radius 1 is 0.867 bits per heavy atom. The summed E-state index contributed by atoms with van der Waals surface area (Å²) in [5.74, 6) is 4.32. The van der Waals surface area contributed by atoms with Crippen molar-refractivity contribution in [2.24, 2.45) is 17.3 Å². The molecule has 0 unspecified atom stereocenters. The monoisotopic (exact) mass is 615 g/mol. The first-order valence-electron chi connectivity index (χ1n) is 16.3. The summed E-state index contributed by atoms with van der Waals surface area (Å²) >= 11 is 0. The predicted octanol–water partition coefficient (Wildman–Crippen LogP) is 7.36. The molecule has 0 saturated heterocycles.